The fourth-order valence-corrected chi connectivity index (χ4v) is 0.997. The first-order chi connectivity index (χ1) is 6.95. The van der Waals surface area contributed by atoms with Crippen molar-refractivity contribution in [3.05, 3.63) is 0 Å². The Morgan fingerprint density at radius 1 is 1.47 bits per heavy atom. The number of phosphoric ester groups is 1. The molecule has 0 aliphatic carbocycles. The molecule has 0 N–H and O–H groups in total. The van der Waals surface area contributed by atoms with Crippen LogP contribution >= 0.6 is 7.82 Å². The quantitative estimate of drug-likeness (QED) is 0.283. The maximum Gasteiger partial charge on any atom is 0.267 e. The summed E-state index contributed by atoms with van der Waals surface area (Å²) in [6.07, 6.45) is -0.731. The van der Waals surface area contributed by atoms with E-state index in [-0.39, 0.29) is 12.6 Å². The highest BCUT2D eigenvalue weighted by molar-refractivity contribution is 7.45. The van der Waals surface area contributed by atoms with Crippen LogP contribution in [-0.2, 0) is 27.9 Å². The maximum absolute atomic E-state index is 10.7. The van der Waals surface area contributed by atoms with E-state index in [0.717, 1.165) is 7.11 Å². The number of ether oxygens (including phenoxy) is 1. The minimum absolute atomic E-state index is 0.254. The molecular formula is C6H9BO7P-. The Labute approximate surface area is 87.7 Å². The van der Waals surface area contributed by atoms with Gasteiger partial charge < -0.3 is 28.3 Å². The molecule has 7 nitrogen and oxygen atoms in total. The third-order valence-electron chi connectivity index (χ3n) is 1.24. The third-order valence-corrected chi connectivity index (χ3v) is 2.15. The molecule has 0 saturated carbocycles. The van der Waals surface area contributed by atoms with E-state index in [2.05, 4.69) is 13.8 Å². The van der Waals surface area contributed by atoms with Gasteiger partial charge in [-0.05, 0) is 0 Å². The Morgan fingerprint density at radius 2 is 2.07 bits per heavy atom. The molecule has 0 aliphatic heterocycles. The summed E-state index contributed by atoms with van der Waals surface area (Å²) in [4.78, 5) is 31.1. The highest BCUT2D eigenvalue weighted by atomic mass is 31.2. The van der Waals surface area contributed by atoms with Gasteiger partial charge >= 0.3 is 0 Å². The highest BCUT2D eigenvalue weighted by Gasteiger charge is 2.15. The molecule has 0 amide bonds. The number of rotatable bonds is 8. The molecule has 0 aromatic rings. The number of carbonyl (C=O) groups excluding carboxylic acids is 2. The van der Waals surface area contributed by atoms with E-state index in [1.807, 2.05) is 0 Å². The molecule has 84 valence electrons. The lowest BCUT2D eigenvalue weighted by molar-refractivity contribution is -0.224. The van der Waals surface area contributed by atoms with Gasteiger partial charge in [0.2, 0.25) is 0 Å². The van der Waals surface area contributed by atoms with E-state index < -0.39 is 26.5 Å². The normalized spacial score (nSPS) is 18.8. The molecule has 15 heavy (non-hydrogen) atoms. The van der Waals surface area contributed by atoms with Gasteiger partial charge in [0, 0.05) is 7.11 Å². The summed E-state index contributed by atoms with van der Waals surface area (Å²) in [6.45, 7) is -0.598. The Kier molecular flexibility index (Phi) is 6.63. The van der Waals surface area contributed by atoms with Crippen LogP contribution in [0.1, 0.15) is 0 Å². The lowest BCUT2D eigenvalue weighted by atomic mass is 10.0. The summed E-state index contributed by atoms with van der Waals surface area (Å²) in [6, 6.07) is -1.31. The second-order valence-electron chi connectivity index (χ2n) is 2.34. The number of hydrogen-bond acceptors (Lipinski definition) is 7. The molecular weight excluding hydrogens is 226 g/mol. The van der Waals surface area contributed by atoms with Crippen LogP contribution in [0.2, 0.25) is 0 Å². The minimum atomic E-state index is -4.41. The molecule has 3 unspecified atom stereocenters. The van der Waals surface area contributed by atoms with Crippen molar-refractivity contribution in [1.82, 2.24) is 0 Å². The van der Waals surface area contributed by atoms with Crippen LogP contribution in [-0.4, -0.2) is 46.2 Å². The monoisotopic (exact) mass is 235 g/mol. The first-order valence-corrected chi connectivity index (χ1v) is 5.24. The van der Waals surface area contributed by atoms with Gasteiger partial charge in [-0.3, -0.25) is 4.57 Å². The van der Waals surface area contributed by atoms with Gasteiger partial charge in [0.25, 0.3) is 7.82 Å². The lowest BCUT2D eigenvalue weighted by Gasteiger charge is -2.22. The number of aldehydes is 2. The van der Waals surface area contributed by atoms with Gasteiger partial charge in [0.05, 0.1) is 12.6 Å². The lowest BCUT2D eigenvalue weighted by Crippen LogP contribution is -2.29. The van der Waals surface area contributed by atoms with Crippen LogP contribution in [0, 0.1) is 0 Å². The largest absolute Gasteiger partial charge is 0.756 e. The first kappa shape index (κ1) is 14.5. The molecule has 0 rings (SSSR count). The smallest absolute Gasteiger partial charge is 0.267 e. The average Bonchev–Trinajstić information content (AvgIpc) is 2.23. The van der Waals surface area contributed by atoms with Gasteiger partial charge in [0.1, 0.15) is 20.2 Å². The molecule has 0 aromatic carbocycles. The Balaban J connectivity index is 4.06. The summed E-state index contributed by atoms with van der Waals surface area (Å²) in [5, 5.41) is 0. The van der Waals surface area contributed by atoms with Gasteiger partial charge in [0.15, 0.2) is 6.29 Å². The van der Waals surface area contributed by atoms with Crippen molar-refractivity contribution >= 4 is 28.2 Å². The fraction of sp³-hybridized carbons (Fsp3) is 0.667. The van der Waals surface area contributed by atoms with Gasteiger partial charge in [-0.15, -0.1) is 0 Å². The fourth-order valence-electron chi connectivity index (χ4n) is 0.562. The van der Waals surface area contributed by atoms with Crippen molar-refractivity contribution in [2.24, 2.45) is 0 Å². The average molecular weight is 235 g/mol. The second-order valence-corrected chi connectivity index (χ2v) is 3.85. The van der Waals surface area contributed by atoms with Crippen LogP contribution in [0.5, 0.6) is 0 Å². The van der Waals surface area contributed by atoms with Crippen molar-refractivity contribution in [2.45, 2.75) is 12.1 Å². The summed E-state index contributed by atoms with van der Waals surface area (Å²) >= 11 is 0. The zero-order valence-corrected chi connectivity index (χ0v) is 8.79. The summed E-state index contributed by atoms with van der Waals surface area (Å²) in [5.74, 6) is 0. The molecule has 0 fully saturated rings. The predicted molar refractivity (Wildman–Crippen MR) is 47.1 cm³/mol. The van der Waals surface area contributed by atoms with Crippen molar-refractivity contribution in [1.29, 1.82) is 0 Å². The number of phosphoric acid groups is 1. The van der Waals surface area contributed by atoms with E-state index in [0.29, 0.717) is 0 Å². The standard InChI is InChI=1S/C6H10BO7P/c1-12-15(10,11)13-4-5(2-8)14-6(7)3-9/h2-3,5-6H,4H2,1H3,(H,10,11)/p-1. The van der Waals surface area contributed by atoms with Crippen molar-refractivity contribution in [3.8, 4) is 0 Å². The van der Waals surface area contributed by atoms with E-state index in [1.165, 1.54) is 0 Å². The molecule has 0 heterocycles. The molecule has 0 aromatic heterocycles. The van der Waals surface area contributed by atoms with Crippen molar-refractivity contribution in [2.75, 3.05) is 13.7 Å². The van der Waals surface area contributed by atoms with Crippen LogP contribution < -0.4 is 4.89 Å². The summed E-state index contributed by atoms with van der Waals surface area (Å²) in [5.41, 5.74) is 0. The van der Waals surface area contributed by atoms with Crippen LogP contribution in [0.4, 0.5) is 0 Å². The Bertz CT molecular complexity index is 258. The summed E-state index contributed by atoms with van der Waals surface area (Å²) in [7, 11) is 1.53. The zero-order valence-electron chi connectivity index (χ0n) is 7.90. The Hall–Kier alpha value is -0.525. The SMILES string of the molecule is [B]C(C=O)OC(C=O)COP(=O)([O-])OC. The van der Waals surface area contributed by atoms with E-state index in [9.17, 15) is 19.0 Å². The van der Waals surface area contributed by atoms with Crippen LogP contribution in [0.3, 0.4) is 0 Å². The van der Waals surface area contributed by atoms with Crippen LogP contribution in [0.15, 0.2) is 0 Å². The highest BCUT2D eigenvalue weighted by Crippen LogP contribution is 2.36. The molecule has 0 bridgehead atoms. The molecule has 9 heteroatoms. The minimum Gasteiger partial charge on any atom is -0.756 e. The first-order valence-electron chi connectivity index (χ1n) is 3.78. The summed E-state index contributed by atoms with van der Waals surface area (Å²) < 4.78 is 23.5. The van der Waals surface area contributed by atoms with Gasteiger partial charge in [-0.2, -0.15) is 0 Å². The van der Waals surface area contributed by atoms with E-state index in [1.54, 1.807) is 0 Å². The topological polar surface area (TPSA) is 102 Å². The molecule has 0 aliphatic rings. The Morgan fingerprint density at radius 3 is 2.47 bits per heavy atom. The van der Waals surface area contributed by atoms with Crippen LogP contribution in [0.25, 0.3) is 0 Å². The van der Waals surface area contributed by atoms with E-state index in [4.69, 9.17) is 7.85 Å². The molecule has 3 atom stereocenters. The van der Waals surface area contributed by atoms with Crippen molar-refractivity contribution in [3.63, 3.8) is 0 Å². The van der Waals surface area contributed by atoms with Gasteiger partial charge in [-0.25, -0.2) is 0 Å². The predicted octanol–water partition coefficient (Wildman–Crippen LogP) is -1.60. The molecule has 0 spiro atoms. The van der Waals surface area contributed by atoms with Gasteiger partial charge in [-0.1, -0.05) is 0 Å². The second kappa shape index (κ2) is 6.87. The molecule has 2 radical (unpaired) electrons. The van der Waals surface area contributed by atoms with Crippen molar-refractivity contribution < 1.29 is 32.8 Å². The molecule has 0 saturated heterocycles. The number of hydrogen-bond donors (Lipinski definition) is 0. The van der Waals surface area contributed by atoms with E-state index >= 15 is 0 Å². The number of carbonyl (C=O) groups is 2. The maximum atomic E-state index is 10.7. The third kappa shape index (κ3) is 6.54. The zero-order chi connectivity index (χ0) is 11.9.